The summed E-state index contributed by atoms with van der Waals surface area (Å²) in [5, 5.41) is 10.1. The Balaban J connectivity index is 1.73. The molecule has 1 heterocycles. The lowest BCUT2D eigenvalue weighted by molar-refractivity contribution is -0.120. The molecule has 5 nitrogen and oxygen atoms in total. The van der Waals surface area contributed by atoms with Gasteiger partial charge in [-0.25, -0.2) is 4.68 Å². The highest BCUT2D eigenvalue weighted by Gasteiger charge is 2.19. The predicted octanol–water partition coefficient (Wildman–Crippen LogP) is 2.87. The minimum Gasteiger partial charge on any atom is -0.355 e. The van der Waals surface area contributed by atoms with Crippen molar-refractivity contribution in [3.63, 3.8) is 0 Å². The van der Waals surface area contributed by atoms with Gasteiger partial charge in [0.05, 0.1) is 12.1 Å². The summed E-state index contributed by atoms with van der Waals surface area (Å²) in [6, 6.07) is 0.554. The molecule has 136 valence electrons. The van der Waals surface area contributed by atoms with Gasteiger partial charge in [-0.3, -0.25) is 4.79 Å². The topological polar surface area (TPSA) is 59.0 Å². The smallest absolute Gasteiger partial charge is 0.333 e. The number of nitrogens with zero attached hydrogens (tertiary/aromatic N) is 2. The molecule has 1 aromatic heterocycles. The molecule has 0 spiro atoms. The zero-order chi connectivity index (χ0) is 17.5. The standard InChI is InChI=1S/C17H28F2N4O/c1-12-15(13(2)23(22-12)17(18)19)11-16(24)21-10-9-20-14-7-5-3-4-6-8-14/h14,17,20H,3-11H2,1-2H3,(H,21,24). The molecule has 0 aliphatic heterocycles. The van der Waals surface area contributed by atoms with Crippen LogP contribution >= 0.6 is 0 Å². The maximum absolute atomic E-state index is 12.8. The minimum atomic E-state index is -2.68. The van der Waals surface area contributed by atoms with Crippen LogP contribution in [0.25, 0.3) is 0 Å². The minimum absolute atomic E-state index is 0.0911. The molecule has 1 aliphatic carbocycles. The third-order valence-corrected chi connectivity index (χ3v) is 4.73. The Bertz CT molecular complexity index is 537. The van der Waals surface area contributed by atoms with Gasteiger partial charge in [-0.05, 0) is 26.7 Å². The second kappa shape index (κ2) is 9.11. The molecule has 1 aromatic rings. The lowest BCUT2D eigenvalue weighted by Crippen LogP contribution is -2.37. The Hall–Kier alpha value is -1.50. The third kappa shape index (κ3) is 5.26. The van der Waals surface area contributed by atoms with Crippen molar-refractivity contribution in [2.24, 2.45) is 0 Å². The van der Waals surface area contributed by atoms with E-state index in [4.69, 9.17) is 0 Å². The molecule has 0 atom stereocenters. The lowest BCUT2D eigenvalue weighted by atomic mass is 10.1. The van der Waals surface area contributed by atoms with E-state index in [0.717, 1.165) is 6.54 Å². The number of amides is 1. The van der Waals surface area contributed by atoms with Gasteiger partial charge in [0.15, 0.2) is 0 Å². The zero-order valence-electron chi connectivity index (χ0n) is 14.6. The van der Waals surface area contributed by atoms with E-state index in [0.29, 0.717) is 34.2 Å². The van der Waals surface area contributed by atoms with Gasteiger partial charge in [-0.2, -0.15) is 13.9 Å². The molecule has 24 heavy (non-hydrogen) atoms. The van der Waals surface area contributed by atoms with Crippen LogP contribution in [0.5, 0.6) is 0 Å². The molecule has 0 bridgehead atoms. The zero-order valence-corrected chi connectivity index (χ0v) is 14.6. The molecule has 1 amide bonds. The number of carbonyl (C=O) groups is 1. The van der Waals surface area contributed by atoms with E-state index < -0.39 is 6.55 Å². The Morgan fingerprint density at radius 2 is 1.88 bits per heavy atom. The van der Waals surface area contributed by atoms with Crippen LogP contribution in [-0.4, -0.2) is 34.8 Å². The van der Waals surface area contributed by atoms with Crippen molar-refractivity contribution in [3.8, 4) is 0 Å². The quantitative estimate of drug-likeness (QED) is 0.592. The largest absolute Gasteiger partial charge is 0.355 e. The van der Waals surface area contributed by atoms with Gasteiger partial charge in [0.1, 0.15) is 0 Å². The number of hydrogen-bond acceptors (Lipinski definition) is 3. The normalized spacial score (nSPS) is 16.4. The molecule has 7 heteroatoms. The van der Waals surface area contributed by atoms with Crippen LogP contribution in [0.3, 0.4) is 0 Å². The first-order chi connectivity index (χ1) is 11.5. The van der Waals surface area contributed by atoms with E-state index in [-0.39, 0.29) is 12.3 Å². The average molecular weight is 342 g/mol. The summed E-state index contributed by atoms with van der Waals surface area (Å²) < 4.78 is 26.3. The Labute approximate surface area is 142 Å². The molecular weight excluding hydrogens is 314 g/mol. The summed E-state index contributed by atoms with van der Waals surface area (Å²) in [7, 11) is 0. The fraction of sp³-hybridized carbons (Fsp3) is 0.765. The van der Waals surface area contributed by atoms with E-state index >= 15 is 0 Å². The first-order valence-corrected chi connectivity index (χ1v) is 8.82. The van der Waals surface area contributed by atoms with Gasteiger partial charge >= 0.3 is 6.55 Å². The maximum Gasteiger partial charge on any atom is 0.333 e. The maximum atomic E-state index is 12.8. The summed E-state index contributed by atoms with van der Waals surface area (Å²) in [5.41, 5.74) is 1.43. The number of aryl methyl sites for hydroxylation is 1. The fourth-order valence-corrected chi connectivity index (χ4v) is 3.33. The lowest BCUT2D eigenvalue weighted by Gasteiger charge is -2.16. The summed E-state index contributed by atoms with van der Waals surface area (Å²) in [4.78, 5) is 12.0. The van der Waals surface area contributed by atoms with Gasteiger partial charge in [0.2, 0.25) is 5.91 Å². The average Bonchev–Trinajstić information content (AvgIpc) is 2.73. The monoisotopic (exact) mass is 342 g/mol. The molecule has 2 rings (SSSR count). The summed E-state index contributed by atoms with van der Waals surface area (Å²) in [5.74, 6) is -0.155. The SMILES string of the molecule is Cc1nn(C(F)F)c(C)c1CC(=O)NCCNC1CCCCCC1. The van der Waals surface area contributed by atoms with Crippen molar-refractivity contribution in [2.75, 3.05) is 13.1 Å². The van der Waals surface area contributed by atoms with Crippen LogP contribution in [0.4, 0.5) is 8.78 Å². The van der Waals surface area contributed by atoms with Gasteiger partial charge in [0.25, 0.3) is 0 Å². The molecule has 2 N–H and O–H groups in total. The van der Waals surface area contributed by atoms with Crippen molar-refractivity contribution < 1.29 is 13.6 Å². The first kappa shape index (κ1) is 18.8. The molecule has 1 fully saturated rings. The van der Waals surface area contributed by atoms with Crippen molar-refractivity contribution in [1.82, 2.24) is 20.4 Å². The number of nitrogens with one attached hydrogen (secondary N) is 2. The second-order valence-electron chi connectivity index (χ2n) is 6.54. The highest BCUT2D eigenvalue weighted by Crippen LogP contribution is 2.19. The van der Waals surface area contributed by atoms with Crippen LogP contribution in [-0.2, 0) is 11.2 Å². The van der Waals surface area contributed by atoms with E-state index in [1.54, 1.807) is 13.8 Å². The van der Waals surface area contributed by atoms with Crippen LogP contribution in [0, 0.1) is 13.8 Å². The van der Waals surface area contributed by atoms with E-state index in [2.05, 4.69) is 15.7 Å². The first-order valence-electron chi connectivity index (χ1n) is 8.82. The van der Waals surface area contributed by atoms with Crippen LogP contribution in [0.15, 0.2) is 0 Å². The van der Waals surface area contributed by atoms with Gasteiger partial charge in [0, 0.05) is 30.4 Å². The highest BCUT2D eigenvalue weighted by atomic mass is 19.3. The summed E-state index contributed by atoms with van der Waals surface area (Å²) >= 11 is 0. The van der Waals surface area contributed by atoms with Crippen molar-refractivity contribution in [3.05, 3.63) is 17.0 Å². The number of hydrogen-bond donors (Lipinski definition) is 2. The number of alkyl halides is 2. The number of rotatable bonds is 7. The van der Waals surface area contributed by atoms with Crippen molar-refractivity contribution in [2.45, 2.75) is 71.4 Å². The van der Waals surface area contributed by atoms with Gasteiger partial charge in [-0.1, -0.05) is 25.7 Å². The van der Waals surface area contributed by atoms with E-state index in [1.165, 1.54) is 38.5 Å². The highest BCUT2D eigenvalue weighted by molar-refractivity contribution is 5.79. The van der Waals surface area contributed by atoms with Crippen molar-refractivity contribution >= 4 is 5.91 Å². The van der Waals surface area contributed by atoms with Crippen LogP contribution in [0.1, 0.15) is 62.0 Å². The summed E-state index contributed by atoms with van der Waals surface area (Å²) in [6.07, 6.45) is 7.69. The van der Waals surface area contributed by atoms with Crippen LogP contribution in [0.2, 0.25) is 0 Å². The summed E-state index contributed by atoms with van der Waals surface area (Å²) in [6.45, 7) is 1.84. The van der Waals surface area contributed by atoms with E-state index in [9.17, 15) is 13.6 Å². The molecule has 0 aromatic carbocycles. The molecule has 0 saturated heterocycles. The van der Waals surface area contributed by atoms with Gasteiger partial charge < -0.3 is 10.6 Å². The van der Waals surface area contributed by atoms with E-state index in [1.807, 2.05) is 0 Å². The molecular formula is C17H28F2N4O. The number of carbonyl (C=O) groups excluding carboxylic acids is 1. The van der Waals surface area contributed by atoms with Crippen molar-refractivity contribution in [1.29, 1.82) is 0 Å². The number of aromatic nitrogens is 2. The Morgan fingerprint density at radius 1 is 1.21 bits per heavy atom. The molecule has 0 radical (unpaired) electrons. The second-order valence-corrected chi connectivity index (χ2v) is 6.54. The Kier molecular flexibility index (Phi) is 7.15. The molecule has 0 unspecified atom stereocenters. The predicted molar refractivity (Wildman–Crippen MR) is 89.2 cm³/mol. The fourth-order valence-electron chi connectivity index (χ4n) is 3.33. The molecule has 1 aliphatic rings. The molecule has 1 saturated carbocycles. The third-order valence-electron chi connectivity index (χ3n) is 4.73. The van der Waals surface area contributed by atoms with Gasteiger partial charge in [-0.15, -0.1) is 0 Å². The Morgan fingerprint density at radius 3 is 2.46 bits per heavy atom. The number of halogens is 2. The van der Waals surface area contributed by atoms with Crippen LogP contribution < -0.4 is 10.6 Å².